The summed E-state index contributed by atoms with van der Waals surface area (Å²) in [6.45, 7) is 1.60. The molecule has 0 unspecified atom stereocenters. The Morgan fingerprint density at radius 3 is 2.64 bits per heavy atom. The molecule has 0 saturated heterocycles. The first-order valence-electron chi connectivity index (χ1n) is 7.32. The minimum Gasteiger partial charge on any atom is -0.480 e. The number of hydrogen-bond donors (Lipinski definition) is 2. The lowest BCUT2D eigenvalue weighted by Gasteiger charge is -2.06. The van der Waals surface area contributed by atoms with Crippen molar-refractivity contribution in [2.45, 2.75) is 32.6 Å². The number of carboxylic acids is 1. The van der Waals surface area contributed by atoms with Crippen LogP contribution in [0.2, 0.25) is 0 Å². The lowest BCUT2D eigenvalue weighted by molar-refractivity contribution is -0.141. The Hall–Kier alpha value is -2.85. The molecule has 0 saturated carbocycles. The third-order valence-electron chi connectivity index (χ3n) is 3.27. The van der Waals surface area contributed by atoms with Crippen LogP contribution in [0.1, 0.15) is 28.3 Å². The van der Waals surface area contributed by atoms with Gasteiger partial charge in [0.2, 0.25) is 0 Å². The van der Waals surface area contributed by atoms with Crippen LogP contribution in [0.4, 0.5) is 13.2 Å². The van der Waals surface area contributed by atoms with Crippen LogP contribution < -0.4 is 5.32 Å². The molecule has 0 fully saturated rings. The summed E-state index contributed by atoms with van der Waals surface area (Å²) in [6, 6.07) is 2.35. The fourth-order valence-electron chi connectivity index (χ4n) is 2.11. The standard InChI is InChI=1S/C14H16F3N5O3/c1-9-7-11(14(15,16)17)20-22(9)5-2-4-18-13(25)10-3-6-21(19-10)8-12(23)24/h3,6-7H,2,4-5,8H2,1H3,(H,18,25)(H,23,24). The second kappa shape index (κ2) is 7.36. The SMILES string of the molecule is Cc1cc(C(F)(F)F)nn1CCCNC(=O)c1ccn(CC(=O)O)n1. The number of carbonyl (C=O) groups excluding carboxylic acids is 1. The second-order valence-corrected chi connectivity index (χ2v) is 5.29. The molecule has 8 nitrogen and oxygen atoms in total. The molecule has 0 atom stereocenters. The van der Waals surface area contributed by atoms with Gasteiger partial charge in [0.05, 0.1) is 0 Å². The minimum absolute atomic E-state index is 0.0656. The van der Waals surface area contributed by atoms with Gasteiger partial charge in [-0.3, -0.25) is 19.0 Å². The van der Waals surface area contributed by atoms with E-state index in [-0.39, 0.29) is 25.3 Å². The summed E-state index contributed by atoms with van der Waals surface area (Å²) in [5.41, 5.74) is -0.500. The van der Waals surface area contributed by atoms with Crippen LogP contribution in [0, 0.1) is 6.92 Å². The average molecular weight is 359 g/mol. The van der Waals surface area contributed by atoms with E-state index in [0.717, 1.165) is 10.7 Å². The highest BCUT2D eigenvalue weighted by atomic mass is 19.4. The Morgan fingerprint density at radius 1 is 1.32 bits per heavy atom. The summed E-state index contributed by atoms with van der Waals surface area (Å²) >= 11 is 0. The number of nitrogens with one attached hydrogen (secondary N) is 1. The first kappa shape index (κ1) is 18.5. The molecule has 0 radical (unpaired) electrons. The lowest BCUT2D eigenvalue weighted by Crippen LogP contribution is -2.26. The Labute approximate surface area is 140 Å². The van der Waals surface area contributed by atoms with E-state index in [1.54, 1.807) is 0 Å². The first-order chi connectivity index (χ1) is 11.7. The topological polar surface area (TPSA) is 102 Å². The molecule has 0 spiro atoms. The zero-order chi connectivity index (χ0) is 18.6. The number of nitrogens with zero attached hydrogens (tertiary/aromatic N) is 4. The number of halogens is 3. The van der Waals surface area contributed by atoms with Gasteiger partial charge in [-0.1, -0.05) is 0 Å². The number of carbonyl (C=O) groups is 2. The summed E-state index contributed by atoms with van der Waals surface area (Å²) in [7, 11) is 0. The molecule has 1 amide bonds. The lowest BCUT2D eigenvalue weighted by atomic mass is 10.3. The van der Waals surface area contributed by atoms with E-state index in [1.807, 2.05) is 0 Å². The molecule has 2 aromatic rings. The van der Waals surface area contributed by atoms with Crippen LogP contribution in [-0.4, -0.2) is 43.1 Å². The number of aryl methyl sites for hydroxylation is 2. The summed E-state index contributed by atoms with van der Waals surface area (Å²) in [6.07, 6.45) is -2.74. The summed E-state index contributed by atoms with van der Waals surface area (Å²) in [5, 5.41) is 18.5. The van der Waals surface area contributed by atoms with Gasteiger partial charge in [0.25, 0.3) is 5.91 Å². The van der Waals surface area contributed by atoms with Gasteiger partial charge in [-0.25, -0.2) is 0 Å². The molecule has 0 aromatic carbocycles. The number of amides is 1. The number of aromatic nitrogens is 4. The van der Waals surface area contributed by atoms with Gasteiger partial charge in [0, 0.05) is 25.0 Å². The van der Waals surface area contributed by atoms with Crippen molar-refractivity contribution in [1.82, 2.24) is 24.9 Å². The van der Waals surface area contributed by atoms with E-state index in [4.69, 9.17) is 5.11 Å². The smallest absolute Gasteiger partial charge is 0.435 e. The Kier molecular flexibility index (Phi) is 5.45. The third kappa shape index (κ3) is 5.06. The van der Waals surface area contributed by atoms with Gasteiger partial charge in [0.15, 0.2) is 5.69 Å². The van der Waals surface area contributed by atoms with Crippen molar-refractivity contribution in [1.29, 1.82) is 0 Å². The van der Waals surface area contributed by atoms with Gasteiger partial charge >= 0.3 is 12.1 Å². The van der Waals surface area contributed by atoms with Crippen molar-refractivity contribution >= 4 is 11.9 Å². The summed E-state index contributed by atoms with van der Waals surface area (Å²) < 4.78 is 40.0. The number of hydrogen-bond acceptors (Lipinski definition) is 4. The van der Waals surface area contributed by atoms with Gasteiger partial charge < -0.3 is 10.4 Å². The molecule has 0 aliphatic heterocycles. The van der Waals surface area contributed by atoms with Crippen LogP contribution in [0.5, 0.6) is 0 Å². The molecule has 0 bridgehead atoms. The van der Waals surface area contributed by atoms with Crippen LogP contribution in [-0.2, 0) is 24.1 Å². The normalized spacial score (nSPS) is 11.5. The summed E-state index contributed by atoms with van der Waals surface area (Å²) in [5.74, 6) is -1.57. The molecule has 2 aromatic heterocycles. The Bertz CT molecular complexity index is 766. The maximum absolute atomic E-state index is 12.6. The second-order valence-electron chi connectivity index (χ2n) is 5.29. The molecule has 0 aliphatic carbocycles. The van der Waals surface area contributed by atoms with Crippen molar-refractivity contribution in [3.8, 4) is 0 Å². The largest absolute Gasteiger partial charge is 0.480 e. The molecule has 11 heteroatoms. The quantitative estimate of drug-likeness (QED) is 0.726. The predicted octanol–water partition coefficient (Wildman–Crippen LogP) is 1.31. The molecule has 2 rings (SSSR count). The molecule has 0 aliphatic rings. The van der Waals surface area contributed by atoms with E-state index in [0.29, 0.717) is 12.1 Å². The molecular weight excluding hydrogens is 343 g/mol. The highest BCUT2D eigenvalue weighted by molar-refractivity contribution is 5.92. The maximum atomic E-state index is 12.6. The minimum atomic E-state index is -4.49. The van der Waals surface area contributed by atoms with Crippen LogP contribution >= 0.6 is 0 Å². The number of carboxylic acid groups (broad SMARTS) is 1. The van der Waals surface area contributed by atoms with E-state index >= 15 is 0 Å². The Balaban J connectivity index is 1.81. The van der Waals surface area contributed by atoms with E-state index in [9.17, 15) is 22.8 Å². The molecular formula is C14H16F3N5O3. The molecule has 2 N–H and O–H groups in total. The zero-order valence-corrected chi connectivity index (χ0v) is 13.2. The van der Waals surface area contributed by atoms with Crippen LogP contribution in [0.25, 0.3) is 0 Å². The number of aliphatic carboxylic acids is 1. The highest BCUT2D eigenvalue weighted by Gasteiger charge is 2.34. The zero-order valence-electron chi connectivity index (χ0n) is 13.2. The number of rotatable bonds is 7. The average Bonchev–Trinajstić information content (AvgIpc) is 3.09. The highest BCUT2D eigenvalue weighted by Crippen LogP contribution is 2.28. The van der Waals surface area contributed by atoms with Gasteiger partial charge in [-0.2, -0.15) is 23.4 Å². The maximum Gasteiger partial charge on any atom is 0.435 e. The number of alkyl halides is 3. The molecule has 25 heavy (non-hydrogen) atoms. The fourth-order valence-corrected chi connectivity index (χ4v) is 2.11. The van der Waals surface area contributed by atoms with Crippen molar-refractivity contribution in [3.63, 3.8) is 0 Å². The van der Waals surface area contributed by atoms with Crippen LogP contribution in [0.15, 0.2) is 18.3 Å². The van der Waals surface area contributed by atoms with Crippen molar-refractivity contribution in [2.75, 3.05) is 6.54 Å². The third-order valence-corrected chi connectivity index (χ3v) is 3.27. The molecule has 2 heterocycles. The summed E-state index contributed by atoms with van der Waals surface area (Å²) in [4.78, 5) is 22.4. The fraction of sp³-hybridized carbons (Fsp3) is 0.429. The van der Waals surface area contributed by atoms with Crippen molar-refractivity contribution in [2.24, 2.45) is 0 Å². The first-order valence-corrected chi connectivity index (χ1v) is 7.32. The van der Waals surface area contributed by atoms with Gasteiger partial charge in [-0.05, 0) is 25.5 Å². The van der Waals surface area contributed by atoms with E-state index in [2.05, 4.69) is 15.5 Å². The molecule has 136 valence electrons. The monoisotopic (exact) mass is 359 g/mol. The van der Waals surface area contributed by atoms with Crippen molar-refractivity contribution < 1.29 is 27.9 Å². The predicted molar refractivity (Wildman–Crippen MR) is 78.8 cm³/mol. The van der Waals surface area contributed by atoms with Crippen LogP contribution in [0.3, 0.4) is 0 Å². The van der Waals surface area contributed by atoms with E-state index < -0.39 is 23.7 Å². The Morgan fingerprint density at radius 2 is 2.04 bits per heavy atom. The van der Waals surface area contributed by atoms with E-state index in [1.165, 1.54) is 23.9 Å². The van der Waals surface area contributed by atoms with Gasteiger partial charge in [-0.15, -0.1) is 0 Å². The van der Waals surface area contributed by atoms with Gasteiger partial charge in [0.1, 0.15) is 12.2 Å². The van der Waals surface area contributed by atoms with Crippen molar-refractivity contribution in [3.05, 3.63) is 35.4 Å².